The van der Waals surface area contributed by atoms with E-state index < -0.39 is 0 Å². The minimum Gasteiger partial charge on any atom is -0.377 e. The van der Waals surface area contributed by atoms with Crippen LogP contribution < -0.4 is 11.1 Å². The van der Waals surface area contributed by atoms with Crippen LogP contribution >= 0.6 is 0 Å². The van der Waals surface area contributed by atoms with Crippen LogP contribution in [0.2, 0.25) is 0 Å². The largest absolute Gasteiger partial charge is 0.377 e. The van der Waals surface area contributed by atoms with Crippen molar-refractivity contribution >= 4 is 11.6 Å². The van der Waals surface area contributed by atoms with Gasteiger partial charge in [-0.25, -0.2) is 0 Å². The van der Waals surface area contributed by atoms with Gasteiger partial charge in [0.1, 0.15) is 0 Å². The first kappa shape index (κ1) is 16.6. The minimum atomic E-state index is 0.503. The molecule has 4 heteroatoms. The third-order valence-corrected chi connectivity index (χ3v) is 4.02. The van der Waals surface area contributed by atoms with Gasteiger partial charge in [-0.05, 0) is 36.8 Å². The molecule has 22 heavy (non-hydrogen) atoms. The molecule has 0 atom stereocenters. The number of aryl methyl sites for hydroxylation is 2. The molecular weight excluding hydrogens is 274 g/mol. The highest BCUT2D eigenvalue weighted by molar-refractivity contribution is 5.93. The first-order chi connectivity index (χ1) is 10.7. The summed E-state index contributed by atoms with van der Waals surface area (Å²) in [5.41, 5.74) is 11.2. The Bertz CT molecular complexity index is 527. The molecule has 0 unspecified atom stereocenters. The van der Waals surface area contributed by atoms with Gasteiger partial charge < -0.3 is 15.8 Å². The number of aliphatic imine (C=N–C) groups is 1. The predicted molar refractivity (Wildman–Crippen MR) is 93.4 cm³/mol. The second kappa shape index (κ2) is 8.59. The molecule has 0 aromatic heterocycles. The normalized spacial score (nSPS) is 15.5. The molecule has 4 nitrogen and oxygen atoms in total. The number of benzene rings is 1. The molecule has 2 rings (SSSR count). The lowest BCUT2D eigenvalue weighted by molar-refractivity contribution is 0.153. The second-order valence-electron chi connectivity index (χ2n) is 5.49. The molecule has 0 amide bonds. The highest BCUT2D eigenvalue weighted by Crippen LogP contribution is 2.22. The lowest BCUT2D eigenvalue weighted by Gasteiger charge is -2.15. The highest BCUT2D eigenvalue weighted by atomic mass is 16.5. The summed E-state index contributed by atoms with van der Waals surface area (Å²) in [7, 11) is 0. The van der Waals surface area contributed by atoms with Crippen molar-refractivity contribution in [3.8, 4) is 0 Å². The molecule has 0 saturated heterocycles. The topological polar surface area (TPSA) is 59.6 Å². The van der Waals surface area contributed by atoms with Crippen molar-refractivity contribution < 1.29 is 4.74 Å². The lowest BCUT2D eigenvalue weighted by atomic mass is 10.0. The molecule has 3 N–H and O–H groups in total. The van der Waals surface area contributed by atoms with E-state index in [0.29, 0.717) is 5.96 Å². The van der Waals surface area contributed by atoms with Gasteiger partial charge in [0.2, 0.25) is 0 Å². The fourth-order valence-electron chi connectivity index (χ4n) is 2.68. The summed E-state index contributed by atoms with van der Waals surface area (Å²) in [5.74, 6) is 0.503. The van der Waals surface area contributed by atoms with E-state index in [1.165, 1.54) is 16.7 Å². The third-order valence-electron chi connectivity index (χ3n) is 4.02. The number of anilines is 1. The van der Waals surface area contributed by atoms with E-state index in [9.17, 15) is 0 Å². The van der Waals surface area contributed by atoms with Gasteiger partial charge in [-0.3, -0.25) is 4.99 Å². The van der Waals surface area contributed by atoms with Crippen LogP contribution in [0.15, 0.2) is 34.8 Å². The molecule has 1 aromatic carbocycles. The number of nitrogens with one attached hydrogen (secondary N) is 1. The second-order valence-corrected chi connectivity index (χ2v) is 5.49. The summed E-state index contributed by atoms with van der Waals surface area (Å²) in [6, 6.07) is 6.39. The number of hydrogen-bond acceptors (Lipinski definition) is 2. The van der Waals surface area contributed by atoms with Crippen LogP contribution in [0, 0.1) is 0 Å². The molecule has 1 aromatic rings. The van der Waals surface area contributed by atoms with Gasteiger partial charge in [0.05, 0.1) is 13.2 Å². The Morgan fingerprint density at radius 1 is 1.27 bits per heavy atom. The van der Waals surface area contributed by atoms with Crippen molar-refractivity contribution in [2.75, 3.05) is 25.1 Å². The molecule has 0 aliphatic carbocycles. The standard InChI is InChI=1S/C18H27N3O/c1-3-15-6-5-7-16(4-2)17(15)21-18(19)20-11-8-14-9-12-22-13-10-14/h5-7,9H,3-4,8,10-13H2,1-2H3,(H3,19,20,21). The van der Waals surface area contributed by atoms with Crippen LogP contribution in [-0.4, -0.2) is 25.7 Å². The van der Waals surface area contributed by atoms with Crippen LogP contribution in [0.3, 0.4) is 0 Å². The fraction of sp³-hybridized carbons (Fsp3) is 0.500. The average Bonchev–Trinajstić information content (AvgIpc) is 2.56. The molecule has 120 valence electrons. The summed E-state index contributed by atoms with van der Waals surface area (Å²) >= 11 is 0. The van der Waals surface area contributed by atoms with Crippen LogP contribution in [0.4, 0.5) is 5.69 Å². The third kappa shape index (κ3) is 4.60. The summed E-state index contributed by atoms with van der Waals surface area (Å²) in [4.78, 5) is 4.47. The molecule has 1 aliphatic heterocycles. The first-order valence-corrected chi connectivity index (χ1v) is 8.18. The van der Waals surface area contributed by atoms with Crippen molar-refractivity contribution in [3.05, 3.63) is 41.0 Å². The van der Waals surface area contributed by atoms with E-state index in [2.05, 4.69) is 48.4 Å². The summed E-state index contributed by atoms with van der Waals surface area (Å²) in [6.45, 7) is 6.60. The Kier molecular flexibility index (Phi) is 6.46. The van der Waals surface area contributed by atoms with Crippen molar-refractivity contribution in [1.29, 1.82) is 0 Å². The molecule has 1 aliphatic rings. The van der Waals surface area contributed by atoms with Gasteiger partial charge in [0, 0.05) is 12.2 Å². The van der Waals surface area contributed by atoms with Crippen molar-refractivity contribution in [2.45, 2.75) is 39.5 Å². The van der Waals surface area contributed by atoms with E-state index in [-0.39, 0.29) is 0 Å². The SMILES string of the molecule is CCc1cccc(CC)c1NC(N)=NCCC1=CCOCC1. The summed E-state index contributed by atoms with van der Waals surface area (Å²) in [5, 5.41) is 3.30. The van der Waals surface area contributed by atoms with Gasteiger partial charge in [-0.2, -0.15) is 0 Å². The van der Waals surface area contributed by atoms with E-state index in [0.717, 1.165) is 51.1 Å². The van der Waals surface area contributed by atoms with E-state index in [1.54, 1.807) is 0 Å². The number of rotatable bonds is 6. The average molecular weight is 301 g/mol. The molecule has 1 heterocycles. The maximum absolute atomic E-state index is 6.06. The van der Waals surface area contributed by atoms with Gasteiger partial charge >= 0.3 is 0 Å². The number of guanidine groups is 1. The van der Waals surface area contributed by atoms with Gasteiger partial charge in [-0.1, -0.05) is 43.7 Å². The van der Waals surface area contributed by atoms with E-state index >= 15 is 0 Å². The molecule has 0 bridgehead atoms. The number of para-hydroxylation sites is 1. The van der Waals surface area contributed by atoms with Crippen LogP contribution in [0.1, 0.15) is 37.8 Å². The van der Waals surface area contributed by atoms with Crippen LogP contribution in [-0.2, 0) is 17.6 Å². The number of nitrogens with two attached hydrogens (primary N) is 1. The Labute approximate surface area is 133 Å². The van der Waals surface area contributed by atoms with Crippen molar-refractivity contribution in [1.82, 2.24) is 0 Å². The van der Waals surface area contributed by atoms with Crippen molar-refractivity contribution in [2.24, 2.45) is 10.7 Å². The Hall–Kier alpha value is -1.81. The minimum absolute atomic E-state index is 0.503. The molecule has 0 fully saturated rings. The Morgan fingerprint density at radius 2 is 2.00 bits per heavy atom. The number of nitrogens with zero attached hydrogens (tertiary/aromatic N) is 1. The van der Waals surface area contributed by atoms with E-state index in [4.69, 9.17) is 10.5 Å². The zero-order chi connectivity index (χ0) is 15.8. The zero-order valence-corrected chi connectivity index (χ0v) is 13.7. The molecule has 0 spiro atoms. The molecular formula is C18H27N3O. The van der Waals surface area contributed by atoms with Gasteiger partial charge in [0.15, 0.2) is 5.96 Å². The number of ether oxygens (including phenoxy) is 1. The van der Waals surface area contributed by atoms with Crippen LogP contribution in [0.25, 0.3) is 0 Å². The zero-order valence-electron chi connectivity index (χ0n) is 13.7. The van der Waals surface area contributed by atoms with Crippen LogP contribution in [0.5, 0.6) is 0 Å². The molecule has 0 saturated carbocycles. The monoisotopic (exact) mass is 301 g/mol. The van der Waals surface area contributed by atoms with Gasteiger partial charge in [0.25, 0.3) is 0 Å². The fourth-order valence-corrected chi connectivity index (χ4v) is 2.68. The Balaban J connectivity index is 1.97. The molecule has 0 radical (unpaired) electrons. The Morgan fingerprint density at radius 3 is 2.59 bits per heavy atom. The maximum Gasteiger partial charge on any atom is 0.193 e. The predicted octanol–water partition coefficient (Wildman–Crippen LogP) is 3.27. The quantitative estimate of drug-likeness (QED) is 0.481. The number of hydrogen-bond donors (Lipinski definition) is 2. The summed E-state index contributed by atoms with van der Waals surface area (Å²) < 4.78 is 5.31. The maximum atomic E-state index is 6.06. The smallest absolute Gasteiger partial charge is 0.193 e. The van der Waals surface area contributed by atoms with Gasteiger partial charge in [-0.15, -0.1) is 0 Å². The van der Waals surface area contributed by atoms with E-state index in [1.807, 2.05) is 0 Å². The first-order valence-electron chi connectivity index (χ1n) is 8.18. The highest BCUT2D eigenvalue weighted by Gasteiger charge is 2.07. The van der Waals surface area contributed by atoms with Crippen molar-refractivity contribution in [3.63, 3.8) is 0 Å². The lowest BCUT2D eigenvalue weighted by Crippen LogP contribution is -2.24. The summed E-state index contributed by atoms with van der Waals surface area (Å²) in [6.07, 6.45) is 6.10.